The van der Waals surface area contributed by atoms with Gasteiger partial charge in [0.25, 0.3) is 0 Å². The molecular weight excluding hydrogens is 352 g/mol. The van der Waals surface area contributed by atoms with Crippen LogP contribution in [-0.2, 0) is 23.0 Å². The third-order valence-corrected chi connectivity index (χ3v) is 5.54. The molecule has 2 N–H and O–H groups in total. The van der Waals surface area contributed by atoms with Crippen LogP contribution in [0.4, 0.5) is 0 Å². The highest BCUT2D eigenvalue weighted by Crippen LogP contribution is 2.14. The van der Waals surface area contributed by atoms with Gasteiger partial charge in [0.05, 0.1) is 17.7 Å². The van der Waals surface area contributed by atoms with Gasteiger partial charge in [-0.1, -0.05) is 12.1 Å². The molecule has 0 fully saturated rings. The maximum absolute atomic E-state index is 12.1. The van der Waals surface area contributed by atoms with Crippen LogP contribution in [0.5, 0.6) is 0 Å². The lowest BCUT2D eigenvalue weighted by molar-refractivity contribution is 0.507. The summed E-state index contributed by atoms with van der Waals surface area (Å²) in [6.07, 6.45) is 2.43. The van der Waals surface area contributed by atoms with E-state index in [1.54, 1.807) is 30.5 Å². The first-order valence-corrected chi connectivity index (χ1v) is 9.93. The molecule has 2 aromatic rings. The van der Waals surface area contributed by atoms with E-state index >= 15 is 0 Å². The highest BCUT2D eigenvalue weighted by molar-refractivity contribution is 7.89. The second kappa shape index (κ2) is 9.40. The number of rotatable bonds is 8. The minimum Gasteiger partial charge on any atom is -0.469 e. The number of nitrogens with zero attached hydrogens (tertiary/aromatic N) is 2. The molecule has 7 nitrogen and oxygen atoms in total. The van der Waals surface area contributed by atoms with Crippen molar-refractivity contribution in [1.82, 2.24) is 14.9 Å². The van der Waals surface area contributed by atoms with E-state index in [-0.39, 0.29) is 4.90 Å². The van der Waals surface area contributed by atoms with E-state index in [2.05, 4.69) is 15.6 Å². The summed E-state index contributed by atoms with van der Waals surface area (Å²) in [4.78, 5) is 4.81. The highest BCUT2D eigenvalue weighted by atomic mass is 32.2. The minimum absolute atomic E-state index is 0.277. The fraction of sp³-hybridized carbons (Fsp3) is 0.389. The Morgan fingerprint density at radius 2 is 1.88 bits per heavy atom. The van der Waals surface area contributed by atoms with Crippen LogP contribution in [0.25, 0.3) is 0 Å². The summed E-state index contributed by atoms with van der Waals surface area (Å²) >= 11 is 0. The molecule has 0 aliphatic carbocycles. The Hall–Kier alpha value is -2.32. The molecular formula is C18H26N4O3S. The smallest absolute Gasteiger partial charge is 0.242 e. The van der Waals surface area contributed by atoms with Crippen LogP contribution in [0.15, 0.2) is 57.0 Å². The van der Waals surface area contributed by atoms with Gasteiger partial charge in [-0.3, -0.25) is 0 Å². The number of benzene rings is 1. The van der Waals surface area contributed by atoms with Crippen molar-refractivity contribution in [2.24, 2.45) is 4.99 Å². The van der Waals surface area contributed by atoms with Crippen molar-refractivity contribution in [2.75, 3.05) is 27.2 Å². The standard InChI is InChI=1S/C18H26N4O3S/c1-4-19-18(20-12-11-16-6-5-13-25-16)21-14-15-7-9-17(10-8-15)26(23,24)22(2)3/h5-10,13H,4,11-12,14H2,1-3H3,(H2,19,20,21). The van der Waals surface area contributed by atoms with Crippen LogP contribution < -0.4 is 10.6 Å². The third-order valence-electron chi connectivity index (χ3n) is 3.71. The molecule has 1 aromatic carbocycles. The van der Waals surface area contributed by atoms with E-state index in [0.717, 1.165) is 24.3 Å². The molecule has 0 saturated heterocycles. The molecule has 0 atom stereocenters. The molecule has 2 rings (SSSR count). The lowest BCUT2D eigenvalue weighted by atomic mass is 10.2. The topological polar surface area (TPSA) is 86.9 Å². The minimum atomic E-state index is -3.40. The largest absolute Gasteiger partial charge is 0.469 e. The summed E-state index contributed by atoms with van der Waals surface area (Å²) in [5, 5.41) is 6.45. The number of hydrogen-bond acceptors (Lipinski definition) is 4. The fourth-order valence-corrected chi connectivity index (χ4v) is 3.15. The van der Waals surface area contributed by atoms with Gasteiger partial charge < -0.3 is 15.1 Å². The van der Waals surface area contributed by atoms with Crippen molar-refractivity contribution < 1.29 is 12.8 Å². The Balaban J connectivity index is 1.95. The van der Waals surface area contributed by atoms with Crippen LogP contribution in [0, 0.1) is 0 Å². The van der Waals surface area contributed by atoms with Crippen molar-refractivity contribution in [3.8, 4) is 0 Å². The Bertz CT molecular complexity index is 797. The van der Waals surface area contributed by atoms with Gasteiger partial charge in [0.2, 0.25) is 10.0 Å². The molecule has 1 heterocycles. The van der Waals surface area contributed by atoms with E-state index in [4.69, 9.17) is 4.42 Å². The molecule has 8 heteroatoms. The molecule has 0 amide bonds. The Morgan fingerprint density at radius 3 is 2.46 bits per heavy atom. The number of furan rings is 1. The monoisotopic (exact) mass is 378 g/mol. The molecule has 0 bridgehead atoms. The first-order valence-electron chi connectivity index (χ1n) is 8.49. The third kappa shape index (κ3) is 5.60. The predicted molar refractivity (Wildman–Crippen MR) is 103 cm³/mol. The summed E-state index contributed by atoms with van der Waals surface area (Å²) in [6.45, 7) is 3.93. The van der Waals surface area contributed by atoms with Crippen molar-refractivity contribution in [1.29, 1.82) is 0 Å². The average Bonchev–Trinajstić information content (AvgIpc) is 3.13. The van der Waals surface area contributed by atoms with Crippen LogP contribution >= 0.6 is 0 Å². The number of nitrogens with one attached hydrogen (secondary N) is 2. The Labute approximate surface area is 155 Å². The normalized spacial score (nSPS) is 12.4. The molecule has 142 valence electrons. The van der Waals surface area contributed by atoms with Crippen LogP contribution in [0.3, 0.4) is 0 Å². The molecule has 26 heavy (non-hydrogen) atoms. The molecule has 1 aromatic heterocycles. The van der Waals surface area contributed by atoms with Gasteiger partial charge in [-0.05, 0) is 36.8 Å². The van der Waals surface area contributed by atoms with Crippen molar-refractivity contribution in [3.05, 3.63) is 54.0 Å². The van der Waals surface area contributed by atoms with E-state index < -0.39 is 10.0 Å². The summed E-state index contributed by atoms with van der Waals surface area (Å²) in [5.41, 5.74) is 0.936. The first-order chi connectivity index (χ1) is 12.4. The second-order valence-corrected chi connectivity index (χ2v) is 8.03. The second-order valence-electron chi connectivity index (χ2n) is 5.88. The van der Waals surface area contributed by atoms with Crippen LogP contribution in [0.1, 0.15) is 18.2 Å². The summed E-state index contributed by atoms with van der Waals surface area (Å²) in [5.74, 6) is 1.63. The van der Waals surface area contributed by atoms with Crippen molar-refractivity contribution >= 4 is 16.0 Å². The zero-order valence-electron chi connectivity index (χ0n) is 15.4. The zero-order valence-corrected chi connectivity index (χ0v) is 16.2. The number of guanidine groups is 1. The van der Waals surface area contributed by atoms with Crippen LogP contribution in [-0.4, -0.2) is 45.9 Å². The van der Waals surface area contributed by atoms with Gasteiger partial charge in [-0.15, -0.1) is 0 Å². The lowest BCUT2D eigenvalue weighted by Crippen LogP contribution is -2.38. The molecule has 0 unspecified atom stereocenters. The first kappa shape index (κ1) is 20.0. The van der Waals surface area contributed by atoms with Crippen LogP contribution in [0.2, 0.25) is 0 Å². The molecule has 0 spiro atoms. The van der Waals surface area contributed by atoms with Gasteiger partial charge in [0.15, 0.2) is 5.96 Å². The van der Waals surface area contributed by atoms with Gasteiger partial charge in [0.1, 0.15) is 5.76 Å². The SMILES string of the molecule is CCNC(=NCc1ccc(S(=O)(=O)N(C)C)cc1)NCCc1ccco1. The Kier molecular flexibility index (Phi) is 7.23. The summed E-state index contributed by atoms with van der Waals surface area (Å²) in [7, 11) is -0.366. The average molecular weight is 378 g/mol. The number of hydrogen-bond donors (Lipinski definition) is 2. The van der Waals surface area contributed by atoms with E-state index in [1.807, 2.05) is 19.1 Å². The summed E-state index contributed by atoms with van der Waals surface area (Å²) in [6, 6.07) is 10.6. The molecule has 0 saturated carbocycles. The zero-order chi connectivity index (χ0) is 19.0. The predicted octanol–water partition coefficient (Wildman–Crippen LogP) is 1.83. The maximum Gasteiger partial charge on any atom is 0.242 e. The van der Waals surface area contributed by atoms with Crippen molar-refractivity contribution in [2.45, 2.75) is 24.8 Å². The summed E-state index contributed by atoms with van der Waals surface area (Å²) < 4.78 is 30.7. The van der Waals surface area contributed by atoms with E-state index in [0.29, 0.717) is 19.0 Å². The highest BCUT2D eigenvalue weighted by Gasteiger charge is 2.16. The quantitative estimate of drug-likeness (QED) is 0.541. The van der Waals surface area contributed by atoms with Crippen molar-refractivity contribution in [3.63, 3.8) is 0 Å². The number of sulfonamides is 1. The van der Waals surface area contributed by atoms with E-state index in [1.165, 1.54) is 18.4 Å². The van der Waals surface area contributed by atoms with E-state index in [9.17, 15) is 8.42 Å². The van der Waals surface area contributed by atoms with Gasteiger partial charge >= 0.3 is 0 Å². The molecule has 0 aliphatic heterocycles. The van der Waals surface area contributed by atoms with Gasteiger partial charge in [-0.2, -0.15) is 0 Å². The molecule has 0 aliphatic rings. The lowest BCUT2D eigenvalue weighted by Gasteiger charge is -2.12. The van der Waals surface area contributed by atoms with Gasteiger partial charge in [-0.25, -0.2) is 17.7 Å². The maximum atomic E-state index is 12.1. The van der Waals surface area contributed by atoms with Gasteiger partial charge in [0, 0.05) is 33.6 Å². The molecule has 0 radical (unpaired) electrons. The fourth-order valence-electron chi connectivity index (χ4n) is 2.25. The number of aliphatic imine (C=N–C) groups is 1. The Morgan fingerprint density at radius 1 is 1.15 bits per heavy atom.